The number of amides is 1. The van der Waals surface area contributed by atoms with Gasteiger partial charge in [-0.3, -0.25) is 4.79 Å². The van der Waals surface area contributed by atoms with Crippen LogP contribution in [0.3, 0.4) is 0 Å². The number of thiophene rings is 1. The first kappa shape index (κ1) is 13.3. The highest BCUT2D eigenvalue weighted by Crippen LogP contribution is 2.31. The summed E-state index contributed by atoms with van der Waals surface area (Å²) in [6.45, 7) is 0.800. The van der Waals surface area contributed by atoms with Crippen LogP contribution in [0.2, 0.25) is 0 Å². The van der Waals surface area contributed by atoms with Crippen LogP contribution in [0.5, 0.6) is 0 Å². The topological polar surface area (TPSA) is 40.5 Å². The summed E-state index contributed by atoms with van der Waals surface area (Å²) < 4.78 is 0. The lowest BCUT2D eigenvalue weighted by molar-refractivity contribution is 0.0683. The Balaban J connectivity index is 1.92. The van der Waals surface area contributed by atoms with E-state index in [4.69, 9.17) is 0 Å². The average Bonchev–Trinajstić information content (AvgIpc) is 3.16. The van der Waals surface area contributed by atoms with Gasteiger partial charge in [0, 0.05) is 12.1 Å². The Labute approximate surface area is 122 Å². The average molecular weight is 287 g/mol. The van der Waals surface area contributed by atoms with Crippen molar-refractivity contribution < 1.29 is 9.90 Å². The van der Waals surface area contributed by atoms with E-state index in [0.717, 1.165) is 35.4 Å². The number of rotatable bonds is 3. The fraction of sp³-hybridized carbons (Fsp3) is 0.312. The zero-order valence-electron chi connectivity index (χ0n) is 11.2. The third-order valence-corrected chi connectivity index (χ3v) is 4.70. The predicted octanol–water partition coefficient (Wildman–Crippen LogP) is 3.01. The summed E-state index contributed by atoms with van der Waals surface area (Å²) in [5.41, 5.74) is 2.06. The molecule has 1 aromatic carbocycles. The molecule has 1 aromatic heterocycles. The Hall–Kier alpha value is -1.65. The molecule has 0 aliphatic carbocycles. The van der Waals surface area contributed by atoms with Crippen molar-refractivity contribution in [2.75, 3.05) is 13.2 Å². The Bertz CT molecular complexity index is 594. The molecule has 1 aliphatic rings. The summed E-state index contributed by atoms with van der Waals surface area (Å²) >= 11 is 1.48. The van der Waals surface area contributed by atoms with Crippen molar-refractivity contribution in [2.45, 2.75) is 18.9 Å². The molecule has 1 atom stereocenters. The van der Waals surface area contributed by atoms with Crippen LogP contribution in [0.15, 0.2) is 41.8 Å². The summed E-state index contributed by atoms with van der Waals surface area (Å²) in [5.74, 6) is 0.0513. The summed E-state index contributed by atoms with van der Waals surface area (Å²) in [6.07, 6.45) is 1.87. The molecular weight excluding hydrogens is 270 g/mol. The van der Waals surface area contributed by atoms with Gasteiger partial charge in [0.1, 0.15) is 0 Å². The lowest BCUT2D eigenvalue weighted by Gasteiger charge is -2.23. The summed E-state index contributed by atoms with van der Waals surface area (Å²) in [6, 6.07) is 11.9. The van der Waals surface area contributed by atoms with Gasteiger partial charge in [0.25, 0.3) is 5.91 Å². The van der Waals surface area contributed by atoms with E-state index in [1.165, 1.54) is 11.3 Å². The van der Waals surface area contributed by atoms with E-state index in [-0.39, 0.29) is 18.6 Å². The number of aliphatic hydroxyl groups excluding tert-OH is 1. The van der Waals surface area contributed by atoms with Gasteiger partial charge in [-0.1, -0.05) is 30.3 Å². The molecule has 0 saturated carbocycles. The van der Waals surface area contributed by atoms with Crippen molar-refractivity contribution in [1.82, 2.24) is 4.90 Å². The SMILES string of the molecule is O=C(c1sccc1-c1ccccc1)N1CCC[C@@H]1CO. The van der Waals surface area contributed by atoms with Crippen molar-refractivity contribution in [1.29, 1.82) is 0 Å². The zero-order valence-corrected chi connectivity index (χ0v) is 12.0. The van der Waals surface area contributed by atoms with Crippen LogP contribution < -0.4 is 0 Å². The number of benzene rings is 1. The van der Waals surface area contributed by atoms with Crippen LogP contribution in [-0.2, 0) is 0 Å². The van der Waals surface area contributed by atoms with Gasteiger partial charge in [-0.25, -0.2) is 0 Å². The van der Waals surface area contributed by atoms with E-state index in [1.54, 1.807) is 0 Å². The van der Waals surface area contributed by atoms with Gasteiger partial charge in [0.2, 0.25) is 0 Å². The van der Waals surface area contributed by atoms with Gasteiger partial charge in [0.15, 0.2) is 0 Å². The molecule has 1 saturated heterocycles. The molecule has 1 aliphatic heterocycles. The molecule has 0 spiro atoms. The maximum absolute atomic E-state index is 12.7. The maximum Gasteiger partial charge on any atom is 0.264 e. The van der Waals surface area contributed by atoms with E-state index in [2.05, 4.69) is 0 Å². The van der Waals surface area contributed by atoms with Crippen LogP contribution >= 0.6 is 11.3 Å². The quantitative estimate of drug-likeness (QED) is 0.942. The summed E-state index contributed by atoms with van der Waals surface area (Å²) in [5, 5.41) is 11.3. The standard InChI is InChI=1S/C16H17NO2S/c18-11-13-7-4-9-17(13)16(19)15-14(8-10-20-15)12-5-2-1-3-6-12/h1-3,5-6,8,10,13,18H,4,7,9,11H2/t13-/m1/s1. The fourth-order valence-electron chi connectivity index (χ4n) is 2.74. The van der Waals surface area contributed by atoms with Crippen molar-refractivity contribution in [3.63, 3.8) is 0 Å². The number of nitrogens with zero attached hydrogens (tertiary/aromatic N) is 1. The van der Waals surface area contributed by atoms with Crippen LogP contribution in [0.1, 0.15) is 22.5 Å². The van der Waals surface area contributed by atoms with Crippen molar-refractivity contribution >= 4 is 17.2 Å². The second-order valence-electron chi connectivity index (χ2n) is 5.01. The molecule has 0 bridgehead atoms. The molecule has 1 fully saturated rings. The van der Waals surface area contributed by atoms with Crippen molar-refractivity contribution in [3.05, 3.63) is 46.7 Å². The van der Waals surface area contributed by atoms with Gasteiger partial charge >= 0.3 is 0 Å². The van der Waals surface area contributed by atoms with Gasteiger partial charge < -0.3 is 10.0 Å². The highest BCUT2D eigenvalue weighted by atomic mass is 32.1. The molecule has 0 unspecified atom stereocenters. The Morgan fingerprint density at radius 3 is 2.85 bits per heavy atom. The first-order valence-corrected chi connectivity index (χ1v) is 7.74. The number of hydrogen-bond donors (Lipinski definition) is 1. The largest absolute Gasteiger partial charge is 0.394 e. The number of carbonyl (C=O) groups excluding carboxylic acids is 1. The van der Waals surface area contributed by atoms with E-state index in [0.29, 0.717) is 0 Å². The minimum Gasteiger partial charge on any atom is -0.394 e. The minimum atomic E-state index is -0.0202. The molecule has 0 radical (unpaired) electrons. The Kier molecular flexibility index (Phi) is 3.85. The van der Waals surface area contributed by atoms with Crippen molar-refractivity contribution in [2.24, 2.45) is 0 Å². The lowest BCUT2D eigenvalue weighted by Crippen LogP contribution is -2.37. The molecule has 4 heteroatoms. The number of carbonyl (C=O) groups is 1. The third kappa shape index (κ3) is 2.37. The monoisotopic (exact) mass is 287 g/mol. The number of hydrogen-bond acceptors (Lipinski definition) is 3. The number of likely N-dealkylation sites (tertiary alicyclic amines) is 1. The van der Waals surface area contributed by atoms with E-state index in [9.17, 15) is 9.90 Å². The molecule has 20 heavy (non-hydrogen) atoms. The van der Waals surface area contributed by atoms with E-state index in [1.807, 2.05) is 46.7 Å². The molecule has 2 aromatic rings. The molecule has 3 nitrogen and oxygen atoms in total. The predicted molar refractivity (Wildman–Crippen MR) is 80.9 cm³/mol. The molecule has 1 amide bonds. The summed E-state index contributed by atoms with van der Waals surface area (Å²) in [4.78, 5) is 15.3. The zero-order chi connectivity index (χ0) is 13.9. The smallest absolute Gasteiger partial charge is 0.264 e. The second-order valence-corrected chi connectivity index (χ2v) is 5.92. The highest BCUT2D eigenvalue weighted by Gasteiger charge is 2.30. The third-order valence-electron chi connectivity index (χ3n) is 3.79. The Morgan fingerprint density at radius 1 is 1.30 bits per heavy atom. The first-order valence-electron chi connectivity index (χ1n) is 6.86. The molecule has 104 valence electrons. The number of aliphatic hydroxyl groups is 1. The van der Waals surface area contributed by atoms with Gasteiger partial charge in [-0.05, 0) is 29.9 Å². The molecular formula is C16H17NO2S. The van der Waals surface area contributed by atoms with Crippen LogP contribution in [0, 0.1) is 0 Å². The van der Waals surface area contributed by atoms with Gasteiger partial charge in [-0.15, -0.1) is 11.3 Å². The fourth-order valence-corrected chi connectivity index (χ4v) is 3.61. The van der Waals surface area contributed by atoms with Gasteiger partial charge in [-0.2, -0.15) is 0 Å². The maximum atomic E-state index is 12.7. The lowest BCUT2D eigenvalue weighted by atomic mass is 10.1. The summed E-state index contributed by atoms with van der Waals surface area (Å²) in [7, 11) is 0. The van der Waals surface area contributed by atoms with Crippen molar-refractivity contribution in [3.8, 4) is 11.1 Å². The highest BCUT2D eigenvalue weighted by molar-refractivity contribution is 7.12. The van der Waals surface area contributed by atoms with Crippen LogP contribution in [-0.4, -0.2) is 35.1 Å². The second kappa shape index (κ2) is 5.77. The van der Waals surface area contributed by atoms with Crippen LogP contribution in [0.25, 0.3) is 11.1 Å². The molecule has 2 heterocycles. The minimum absolute atomic E-state index is 0.0202. The molecule has 3 rings (SSSR count). The van der Waals surface area contributed by atoms with E-state index < -0.39 is 0 Å². The first-order chi connectivity index (χ1) is 9.81. The Morgan fingerprint density at radius 2 is 2.10 bits per heavy atom. The normalized spacial score (nSPS) is 18.4. The van der Waals surface area contributed by atoms with Gasteiger partial charge in [0.05, 0.1) is 17.5 Å². The van der Waals surface area contributed by atoms with Crippen LogP contribution in [0.4, 0.5) is 0 Å². The molecule has 1 N–H and O–H groups in total. The van der Waals surface area contributed by atoms with E-state index >= 15 is 0 Å².